The molecule has 0 radical (unpaired) electrons. The van der Waals surface area contributed by atoms with Gasteiger partial charge in [0.25, 0.3) is 0 Å². The fraction of sp³-hybridized carbons (Fsp3) is 0.154. The van der Waals surface area contributed by atoms with Gasteiger partial charge in [0.05, 0.1) is 10.0 Å². The molecule has 1 N–H and O–H groups in total. The summed E-state index contributed by atoms with van der Waals surface area (Å²) < 4.78 is 5.60. The van der Waals surface area contributed by atoms with Gasteiger partial charge in [0.2, 0.25) is 5.88 Å². The molecule has 1 aromatic carbocycles. The maximum Gasteiger partial charge on any atom is 0.240 e. The third kappa shape index (κ3) is 3.61. The highest BCUT2D eigenvalue weighted by molar-refractivity contribution is 6.37. The zero-order chi connectivity index (χ0) is 14.7. The van der Waals surface area contributed by atoms with Gasteiger partial charge in [-0.3, -0.25) is 0 Å². The van der Waals surface area contributed by atoms with E-state index in [4.69, 9.17) is 51.1 Å². The highest BCUT2D eigenvalue weighted by Gasteiger charge is 2.12. The molecule has 2 rings (SSSR count). The Morgan fingerprint density at radius 2 is 1.80 bits per heavy atom. The van der Waals surface area contributed by atoms with Gasteiger partial charge in [0.15, 0.2) is 0 Å². The van der Waals surface area contributed by atoms with Gasteiger partial charge in [-0.1, -0.05) is 46.4 Å². The first-order chi connectivity index (χ1) is 9.51. The molecule has 0 aliphatic carbocycles. The highest BCUT2D eigenvalue weighted by Crippen LogP contribution is 2.36. The second kappa shape index (κ2) is 6.72. The second-order valence-electron chi connectivity index (χ2n) is 3.81. The van der Waals surface area contributed by atoms with Crippen LogP contribution in [0.1, 0.15) is 6.92 Å². The smallest absolute Gasteiger partial charge is 0.240 e. The average molecular weight is 352 g/mol. The van der Waals surface area contributed by atoms with Gasteiger partial charge in [0.1, 0.15) is 16.6 Å². The van der Waals surface area contributed by atoms with Crippen LogP contribution in [0.5, 0.6) is 11.6 Å². The summed E-state index contributed by atoms with van der Waals surface area (Å²) in [6.07, 6.45) is 0. The normalized spacial score (nSPS) is 10.4. The first-order valence-corrected chi connectivity index (χ1v) is 7.25. The maximum atomic E-state index is 6.07. The topological polar surface area (TPSA) is 34.2 Å². The summed E-state index contributed by atoms with van der Waals surface area (Å²) in [6, 6.07) is 6.45. The standard InChI is InChI=1S/C13H10Cl4N2O/c1-2-18-12-9(16)6-10(17)13(19-12)20-11-4-3-7(14)5-8(11)15/h3-6H,2H2,1H3,(H,18,19). The van der Waals surface area contributed by atoms with Crippen molar-refractivity contribution in [1.82, 2.24) is 4.98 Å². The molecule has 0 aliphatic heterocycles. The van der Waals surface area contributed by atoms with E-state index in [0.29, 0.717) is 38.2 Å². The van der Waals surface area contributed by atoms with Crippen LogP contribution in [0.25, 0.3) is 0 Å². The first-order valence-electron chi connectivity index (χ1n) is 5.74. The molecule has 106 valence electrons. The van der Waals surface area contributed by atoms with Crippen molar-refractivity contribution >= 4 is 52.2 Å². The summed E-state index contributed by atoms with van der Waals surface area (Å²) in [6.45, 7) is 2.61. The summed E-state index contributed by atoms with van der Waals surface area (Å²) in [4.78, 5) is 4.23. The van der Waals surface area contributed by atoms with E-state index < -0.39 is 0 Å². The van der Waals surface area contributed by atoms with Gasteiger partial charge < -0.3 is 10.1 Å². The molecule has 0 atom stereocenters. The average Bonchev–Trinajstić information content (AvgIpc) is 2.38. The number of pyridine rings is 1. The first kappa shape index (κ1) is 15.5. The number of rotatable bonds is 4. The number of benzene rings is 1. The van der Waals surface area contributed by atoms with Crippen LogP contribution in [-0.4, -0.2) is 11.5 Å². The lowest BCUT2D eigenvalue weighted by atomic mass is 10.3. The summed E-state index contributed by atoms with van der Waals surface area (Å²) in [5.74, 6) is 1.13. The van der Waals surface area contributed by atoms with E-state index in [1.165, 1.54) is 0 Å². The Kier molecular flexibility index (Phi) is 5.22. The summed E-state index contributed by atoms with van der Waals surface area (Å²) >= 11 is 24.0. The van der Waals surface area contributed by atoms with Crippen molar-refractivity contribution in [2.45, 2.75) is 6.92 Å². The van der Waals surface area contributed by atoms with E-state index in [-0.39, 0.29) is 5.88 Å². The minimum atomic E-state index is 0.219. The van der Waals surface area contributed by atoms with E-state index in [0.717, 1.165) is 0 Å². The van der Waals surface area contributed by atoms with Crippen molar-refractivity contribution in [2.75, 3.05) is 11.9 Å². The van der Waals surface area contributed by atoms with Gasteiger partial charge in [-0.2, -0.15) is 4.98 Å². The lowest BCUT2D eigenvalue weighted by molar-refractivity contribution is 0.464. The fourth-order valence-electron chi connectivity index (χ4n) is 1.47. The van der Waals surface area contributed by atoms with E-state index in [9.17, 15) is 0 Å². The van der Waals surface area contributed by atoms with Crippen LogP contribution < -0.4 is 10.1 Å². The van der Waals surface area contributed by atoms with Gasteiger partial charge in [0, 0.05) is 11.6 Å². The monoisotopic (exact) mass is 350 g/mol. The molecule has 2 aromatic rings. The van der Waals surface area contributed by atoms with Crippen molar-refractivity contribution in [3.8, 4) is 11.6 Å². The van der Waals surface area contributed by atoms with Crippen molar-refractivity contribution in [3.63, 3.8) is 0 Å². The van der Waals surface area contributed by atoms with E-state index in [1.807, 2.05) is 6.92 Å². The van der Waals surface area contributed by atoms with Crippen LogP contribution in [0.3, 0.4) is 0 Å². The van der Waals surface area contributed by atoms with Crippen LogP contribution >= 0.6 is 46.4 Å². The Hall–Kier alpha value is -0.870. The molecule has 0 bridgehead atoms. The van der Waals surface area contributed by atoms with Crippen LogP contribution in [0, 0.1) is 0 Å². The van der Waals surface area contributed by atoms with Crippen molar-refractivity contribution in [2.24, 2.45) is 0 Å². The van der Waals surface area contributed by atoms with E-state index in [2.05, 4.69) is 10.3 Å². The molecule has 1 heterocycles. The number of nitrogens with zero attached hydrogens (tertiary/aromatic N) is 1. The predicted octanol–water partition coefficient (Wildman–Crippen LogP) is 5.92. The van der Waals surface area contributed by atoms with Crippen LogP contribution in [0.4, 0.5) is 5.82 Å². The Morgan fingerprint density at radius 1 is 1.05 bits per heavy atom. The number of anilines is 1. The summed E-state index contributed by atoms with van der Waals surface area (Å²) in [5, 5.41) is 4.62. The number of halogens is 4. The molecule has 7 heteroatoms. The zero-order valence-electron chi connectivity index (χ0n) is 10.4. The van der Waals surface area contributed by atoms with Crippen LogP contribution in [0.15, 0.2) is 24.3 Å². The predicted molar refractivity (Wildman–Crippen MR) is 85.0 cm³/mol. The number of nitrogens with one attached hydrogen (secondary N) is 1. The fourth-order valence-corrected chi connectivity index (χ4v) is 2.39. The zero-order valence-corrected chi connectivity index (χ0v) is 13.4. The summed E-state index contributed by atoms with van der Waals surface area (Å²) in [7, 11) is 0. The van der Waals surface area contributed by atoms with Gasteiger partial charge >= 0.3 is 0 Å². The molecular weight excluding hydrogens is 342 g/mol. The molecule has 3 nitrogen and oxygen atoms in total. The molecule has 0 spiro atoms. The minimum absolute atomic E-state index is 0.219. The Morgan fingerprint density at radius 3 is 2.45 bits per heavy atom. The Bertz CT molecular complexity index is 634. The van der Waals surface area contributed by atoms with Gasteiger partial charge in [-0.25, -0.2) is 0 Å². The lowest BCUT2D eigenvalue weighted by Gasteiger charge is -2.11. The van der Waals surface area contributed by atoms with E-state index in [1.54, 1.807) is 24.3 Å². The molecule has 1 aromatic heterocycles. The second-order valence-corrected chi connectivity index (χ2v) is 5.47. The third-order valence-corrected chi connectivity index (χ3v) is 3.43. The van der Waals surface area contributed by atoms with Gasteiger partial charge in [-0.05, 0) is 31.2 Å². The number of hydrogen-bond donors (Lipinski definition) is 1. The van der Waals surface area contributed by atoms with Gasteiger partial charge in [-0.15, -0.1) is 0 Å². The Balaban J connectivity index is 2.35. The Labute approximate surface area is 136 Å². The molecule has 0 saturated heterocycles. The van der Waals surface area contributed by atoms with Crippen LogP contribution in [0.2, 0.25) is 20.1 Å². The molecular formula is C13H10Cl4N2O. The SMILES string of the molecule is CCNc1nc(Oc2ccc(Cl)cc2Cl)c(Cl)cc1Cl. The van der Waals surface area contributed by atoms with Crippen molar-refractivity contribution < 1.29 is 4.74 Å². The minimum Gasteiger partial charge on any atom is -0.436 e. The highest BCUT2D eigenvalue weighted by atomic mass is 35.5. The summed E-state index contributed by atoms with van der Waals surface area (Å²) in [5.41, 5.74) is 0. The number of aromatic nitrogens is 1. The number of ether oxygens (including phenoxy) is 1. The molecule has 0 fully saturated rings. The van der Waals surface area contributed by atoms with E-state index >= 15 is 0 Å². The molecule has 0 amide bonds. The van der Waals surface area contributed by atoms with Crippen LogP contribution in [-0.2, 0) is 0 Å². The molecule has 0 saturated carbocycles. The molecule has 20 heavy (non-hydrogen) atoms. The third-order valence-electron chi connectivity index (χ3n) is 2.34. The molecule has 0 unspecified atom stereocenters. The van der Waals surface area contributed by atoms with Crippen molar-refractivity contribution in [3.05, 3.63) is 44.4 Å². The number of hydrogen-bond acceptors (Lipinski definition) is 3. The van der Waals surface area contributed by atoms with Crippen molar-refractivity contribution in [1.29, 1.82) is 0 Å². The quantitative estimate of drug-likeness (QED) is 0.742. The largest absolute Gasteiger partial charge is 0.436 e. The molecule has 0 aliphatic rings. The maximum absolute atomic E-state index is 6.07. The lowest BCUT2D eigenvalue weighted by Crippen LogP contribution is -2.01.